The summed E-state index contributed by atoms with van der Waals surface area (Å²) in [6.45, 7) is 4.74. The molecular formula is C26H29N5O2. The molecule has 0 bridgehead atoms. The second-order valence-electron chi connectivity index (χ2n) is 8.86. The van der Waals surface area contributed by atoms with E-state index in [0.717, 1.165) is 68.0 Å². The molecule has 7 heteroatoms. The SMILES string of the molecule is CN(C)[C@H]1CCN(C(=O)c2ccc3[nH]nc(C#Cc4ccccc4N4CCOCC4)c3c2)C1. The molecule has 0 saturated carbocycles. The number of likely N-dealkylation sites (N-methyl/N-ethyl adjacent to an activating group) is 1. The highest BCUT2D eigenvalue weighted by molar-refractivity contribution is 5.99. The molecule has 170 valence electrons. The van der Waals surface area contributed by atoms with Crippen molar-refractivity contribution >= 4 is 22.5 Å². The maximum absolute atomic E-state index is 13.1. The van der Waals surface area contributed by atoms with Crippen LogP contribution in [0.4, 0.5) is 5.69 Å². The summed E-state index contributed by atoms with van der Waals surface area (Å²) in [7, 11) is 4.14. The maximum atomic E-state index is 13.1. The number of nitrogens with zero attached hydrogens (tertiary/aromatic N) is 4. The summed E-state index contributed by atoms with van der Waals surface area (Å²) in [5.74, 6) is 6.62. The molecule has 0 radical (unpaired) electrons. The molecule has 2 saturated heterocycles. The standard InChI is InChI=1S/C26H29N5O2/c1-29(2)21-11-12-31(18-21)26(32)20-8-10-24-22(17-20)23(27-28-24)9-7-19-5-3-4-6-25(19)30-13-15-33-16-14-30/h3-6,8,10,17,21H,11-16,18H2,1-2H3,(H,27,28)/t21-/m0/s1. The van der Waals surface area contributed by atoms with Gasteiger partial charge in [-0.3, -0.25) is 9.89 Å². The van der Waals surface area contributed by atoms with Crippen LogP contribution < -0.4 is 4.90 Å². The zero-order chi connectivity index (χ0) is 22.8. The minimum absolute atomic E-state index is 0.0685. The van der Waals surface area contributed by atoms with Crippen molar-refractivity contribution in [2.24, 2.45) is 0 Å². The third-order valence-electron chi connectivity index (χ3n) is 6.56. The fourth-order valence-corrected chi connectivity index (χ4v) is 4.56. The van der Waals surface area contributed by atoms with E-state index in [0.29, 0.717) is 17.3 Å². The Balaban J connectivity index is 1.41. The Morgan fingerprint density at radius 1 is 1.12 bits per heavy atom. The van der Waals surface area contributed by atoms with Gasteiger partial charge in [0.1, 0.15) is 5.69 Å². The van der Waals surface area contributed by atoms with Gasteiger partial charge in [0.15, 0.2) is 0 Å². The molecule has 5 rings (SSSR count). The van der Waals surface area contributed by atoms with Gasteiger partial charge in [-0.25, -0.2) is 0 Å². The molecule has 1 aromatic heterocycles. The van der Waals surface area contributed by atoms with E-state index in [1.54, 1.807) is 0 Å². The van der Waals surface area contributed by atoms with Gasteiger partial charge in [-0.1, -0.05) is 18.1 Å². The van der Waals surface area contributed by atoms with Crippen molar-refractivity contribution in [1.29, 1.82) is 0 Å². The fraction of sp³-hybridized carbons (Fsp3) is 0.385. The smallest absolute Gasteiger partial charge is 0.253 e. The Morgan fingerprint density at radius 3 is 2.73 bits per heavy atom. The van der Waals surface area contributed by atoms with Crippen LogP contribution in [0.25, 0.3) is 10.9 Å². The fourth-order valence-electron chi connectivity index (χ4n) is 4.56. The molecule has 3 aromatic rings. The number of para-hydroxylation sites is 1. The first kappa shape index (κ1) is 21.5. The van der Waals surface area contributed by atoms with Crippen LogP contribution in [0.1, 0.15) is 28.0 Å². The molecule has 0 spiro atoms. The molecule has 3 heterocycles. The van der Waals surface area contributed by atoms with Gasteiger partial charge >= 0.3 is 0 Å². The first-order valence-electron chi connectivity index (χ1n) is 11.5. The van der Waals surface area contributed by atoms with Crippen LogP contribution in [0.15, 0.2) is 42.5 Å². The number of aromatic nitrogens is 2. The number of H-pyrrole nitrogens is 1. The Hall–Kier alpha value is -3.34. The molecule has 1 amide bonds. The maximum Gasteiger partial charge on any atom is 0.253 e. The molecule has 0 aliphatic carbocycles. The van der Waals surface area contributed by atoms with Gasteiger partial charge in [-0.05, 0) is 56.8 Å². The molecule has 1 N–H and O–H groups in total. The predicted octanol–water partition coefficient (Wildman–Crippen LogP) is 2.58. The zero-order valence-electron chi connectivity index (χ0n) is 19.2. The first-order chi connectivity index (χ1) is 16.1. The summed E-state index contributed by atoms with van der Waals surface area (Å²) >= 11 is 0. The zero-order valence-corrected chi connectivity index (χ0v) is 19.2. The van der Waals surface area contributed by atoms with Gasteiger partial charge in [-0.15, -0.1) is 0 Å². The average molecular weight is 444 g/mol. The van der Waals surface area contributed by atoms with E-state index in [2.05, 4.69) is 52.0 Å². The highest BCUT2D eigenvalue weighted by atomic mass is 16.5. The van der Waals surface area contributed by atoms with E-state index in [-0.39, 0.29) is 5.91 Å². The third-order valence-corrected chi connectivity index (χ3v) is 6.56. The van der Waals surface area contributed by atoms with Gasteiger partial charge in [0, 0.05) is 48.7 Å². The number of ether oxygens (including phenoxy) is 1. The van der Waals surface area contributed by atoms with E-state index in [4.69, 9.17) is 4.74 Å². The Bertz CT molecular complexity index is 1220. The normalized spacial score (nSPS) is 18.6. The van der Waals surface area contributed by atoms with Gasteiger partial charge in [0.05, 0.1) is 24.4 Å². The molecule has 0 unspecified atom stereocenters. The van der Waals surface area contributed by atoms with Gasteiger partial charge in [-0.2, -0.15) is 5.10 Å². The molecule has 2 aliphatic heterocycles. The third kappa shape index (κ3) is 4.45. The van der Waals surface area contributed by atoms with Crippen molar-refractivity contribution in [2.75, 3.05) is 58.4 Å². The number of anilines is 1. The number of aromatic amines is 1. The Kier molecular flexibility index (Phi) is 6.03. The lowest BCUT2D eigenvalue weighted by atomic mass is 10.1. The summed E-state index contributed by atoms with van der Waals surface area (Å²) in [6.07, 6.45) is 1.01. The quantitative estimate of drug-likeness (QED) is 0.631. The van der Waals surface area contributed by atoms with Crippen molar-refractivity contribution in [3.63, 3.8) is 0 Å². The number of carbonyl (C=O) groups excluding carboxylic acids is 1. The highest BCUT2D eigenvalue weighted by Gasteiger charge is 2.28. The van der Waals surface area contributed by atoms with Crippen molar-refractivity contribution in [1.82, 2.24) is 20.0 Å². The number of likely N-dealkylation sites (tertiary alicyclic amines) is 1. The number of morpholine rings is 1. The number of amides is 1. The van der Waals surface area contributed by atoms with Gasteiger partial charge in [0.2, 0.25) is 0 Å². The summed E-state index contributed by atoms with van der Waals surface area (Å²) in [6, 6.07) is 14.3. The van der Waals surface area contributed by atoms with Gasteiger partial charge in [0.25, 0.3) is 5.91 Å². The van der Waals surface area contributed by atoms with E-state index < -0.39 is 0 Å². The number of rotatable bonds is 3. The van der Waals surface area contributed by atoms with Crippen LogP contribution in [0, 0.1) is 11.8 Å². The second kappa shape index (κ2) is 9.26. The minimum atomic E-state index is 0.0685. The first-order valence-corrected chi connectivity index (χ1v) is 11.5. The number of hydrogen-bond acceptors (Lipinski definition) is 5. The Labute approximate surface area is 194 Å². The lowest BCUT2D eigenvalue weighted by Gasteiger charge is -2.29. The Morgan fingerprint density at radius 2 is 1.94 bits per heavy atom. The van der Waals surface area contributed by atoms with Crippen molar-refractivity contribution in [3.8, 4) is 11.8 Å². The van der Waals surface area contributed by atoms with Gasteiger partial charge < -0.3 is 19.4 Å². The monoisotopic (exact) mass is 443 g/mol. The highest BCUT2D eigenvalue weighted by Crippen LogP contribution is 2.23. The minimum Gasteiger partial charge on any atom is -0.378 e. The molecular weight excluding hydrogens is 414 g/mol. The number of benzene rings is 2. The number of hydrogen-bond donors (Lipinski definition) is 1. The predicted molar refractivity (Wildman–Crippen MR) is 130 cm³/mol. The van der Waals surface area contributed by atoms with Crippen LogP contribution in [-0.2, 0) is 4.74 Å². The number of nitrogens with one attached hydrogen (secondary N) is 1. The van der Waals surface area contributed by atoms with E-state index in [1.165, 1.54) is 0 Å². The summed E-state index contributed by atoms with van der Waals surface area (Å²) in [4.78, 5) is 19.6. The van der Waals surface area contributed by atoms with Crippen molar-refractivity contribution < 1.29 is 9.53 Å². The lowest BCUT2D eigenvalue weighted by Crippen LogP contribution is -2.36. The molecule has 1 atom stereocenters. The summed E-state index contributed by atoms with van der Waals surface area (Å²) in [5.41, 5.74) is 4.30. The van der Waals surface area contributed by atoms with Crippen LogP contribution in [-0.4, -0.2) is 85.4 Å². The van der Waals surface area contributed by atoms with E-state index >= 15 is 0 Å². The second-order valence-corrected chi connectivity index (χ2v) is 8.86. The number of carbonyl (C=O) groups is 1. The summed E-state index contributed by atoms with van der Waals surface area (Å²) in [5, 5.41) is 8.35. The topological polar surface area (TPSA) is 64.7 Å². The van der Waals surface area contributed by atoms with Crippen LogP contribution in [0.2, 0.25) is 0 Å². The van der Waals surface area contributed by atoms with E-state index in [1.807, 2.05) is 41.3 Å². The summed E-state index contributed by atoms with van der Waals surface area (Å²) < 4.78 is 5.49. The molecule has 2 aromatic carbocycles. The van der Waals surface area contributed by atoms with Crippen molar-refractivity contribution in [3.05, 3.63) is 59.3 Å². The van der Waals surface area contributed by atoms with Crippen LogP contribution in [0.5, 0.6) is 0 Å². The largest absolute Gasteiger partial charge is 0.378 e. The average Bonchev–Trinajstić information content (AvgIpc) is 3.50. The van der Waals surface area contributed by atoms with Crippen molar-refractivity contribution in [2.45, 2.75) is 12.5 Å². The molecule has 2 fully saturated rings. The van der Waals surface area contributed by atoms with Crippen LogP contribution in [0.3, 0.4) is 0 Å². The molecule has 33 heavy (non-hydrogen) atoms. The lowest BCUT2D eigenvalue weighted by molar-refractivity contribution is 0.0783. The molecule has 2 aliphatic rings. The van der Waals surface area contributed by atoms with E-state index in [9.17, 15) is 4.79 Å². The number of fused-ring (bicyclic) bond motifs is 1. The van der Waals surface area contributed by atoms with Crippen LogP contribution >= 0.6 is 0 Å². The molecule has 7 nitrogen and oxygen atoms in total.